The lowest BCUT2D eigenvalue weighted by Gasteiger charge is -2.22. The molecule has 0 saturated heterocycles. The maximum atomic E-state index is 13.3. The second kappa shape index (κ2) is 10.0. The maximum Gasteiger partial charge on any atom is 0.243 e. The quantitative estimate of drug-likeness (QED) is 0.495. The lowest BCUT2D eigenvalue weighted by Crippen LogP contribution is -2.37. The van der Waals surface area contributed by atoms with E-state index in [1.807, 2.05) is 55.5 Å². The van der Waals surface area contributed by atoms with Crippen LogP contribution in [0.4, 0.5) is 5.69 Å². The molecule has 0 aliphatic carbocycles. The minimum atomic E-state index is -3.85. The van der Waals surface area contributed by atoms with Gasteiger partial charge < -0.3 is 5.32 Å². The third-order valence-electron chi connectivity index (χ3n) is 4.65. The van der Waals surface area contributed by atoms with Crippen LogP contribution in [-0.2, 0) is 27.8 Å². The Labute approximate surface area is 185 Å². The smallest absolute Gasteiger partial charge is 0.243 e. The van der Waals surface area contributed by atoms with E-state index in [4.69, 9.17) is 0 Å². The number of hydrogen-bond acceptors (Lipinski definition) is 3. The molecular weight excluding hydrogens is 464 g/mol. The number of para-hydroxylation sites is 1. The van der Waals surface area contributed by atoms with Crippen molar-refractivity contribution in [1.82, 2.24) is 4.31 Å². The van der Waals surface area contributed by atoms with Gasteiger partial charge in [0.1, 0.15) is 0 Å². The molecule has 0 saturated carbocycles. The van der Waals surface area contributed by atoms with Crippen molar-refractivity contribution in [3.63, 3.8) is 0 Å². The van der Waals surface area contributed by atoms with Gasteiger partial charge in [-0.2, -0.15) is 4.31 Å². The minimum absolute atomic E-state index is 0.0906. The van der Waals surface area contributed by atoms with E-state index in [0.717, 1.165) is 22.0 Å². The second-order valence-electron chi connectivity index (χ2n) is 6.77. The molecule has 5 nitrogen and oxygen atoms in total. The number of sulfonamides is 1. The predicted octanol–water partition coefficient (Wildman–Crippen LogP) is 4.84. The Kier molecular flexibility index (Phi) is 7.42. The van der Waals surface area contributed by atoms with Gasteiger partial charge in [-0.1, -0.05) is 71.4 Å². The molecule has 0 unspecified atom stereocenters. The molecule has 0 fully saturated rings. The van der Waals surface area contributed by atoms with Gasteiger partial charge in [-0.25, -0.2) is 8.42 Å². The number of nitrogens with zero attached hydrogens (tertiary/aromatic N) is 1. The highest BCUT2D eigenvalue weighted by Crippen LogP contribution is 2.20. The number of anilines is 1. The Balaban J connectivity index is 1.87. The van der Waals surface area contributed by atoms with Crippen LogP contribution in [-0.4, -0.2) is 25.2 Å². The molecule has 0 bridgehead atoms. The number of amides is 1. The first-order valence-corrected chi connectivity index (χ1v) is 11.8. The summed E-state index contributed by atoms with van der Waals surface area (Å²) in [4.78, 5) is 12.9. The van der Waals surface area contributed by atoms with E-state index in [1.54, 1.807) is 18.2 Å². The van der Waals surface area contributed by atoms with Gasteiger partial charge in [0.2, 0.25) is 15.9 Å². The fourth-order valence-electron chi connectivity index (χ4n) is 3.06. The molecular formula is C23H23BrN2O3S. The van der Waals surface area contributed by atoms with E-state index >= 15 is 0 Å². The van der Waals surface area contributed by atoms with Gasteiger partial charge in [0, 0.05) is 16.7 Å². The molecule has 0 aliphatic heterocycles. The number of aryl methyl sites for hydroxylation is 1. The first-order valence-electron chi connectivity index (χ1n) is 9.57. The summed E-state index contributed by atoms with van der Waals surface area (Å²) in [6.45, 7) is 1.81. The molecule has 0 radical (unpaired) electrons. The molecule has 156 valence electrons. The Morgan fingerprint density at radius 1 is 0.933 bits per heavy atom. The molecule has 0 atom stereocenters. The summed E-state index contributed by atoms with van der Waals surface area (Å²) in [5, 5.41) is 2.86. The van der Waals surface area contributed by atoms with Crippen LogP contribution in [0.3, 0.4) is 0 Å². The van der Waals surface area contributed by atoms with Crippen molar-refractivity contribution in [2.45, 2.75) is 24.8 Å². The van der Waals surface area contributed by atoms with Crippen LogP contribution >= 0.6 is 15.9 Å². The summed E-state index contributed by atoms with van der Waals surface area (Å²) in [6, 6.07) is 23.0. The Bertz CT molecular complexity index is 1100. The Morgan fingerprint density at radius 2 is 1.57 bits per heavy atom. The second-order valence-corrected chi connectivity index (χ2v) is 9.63. The number of hydrogen-bond donors (Lipinski definition) is 1. The zero-order valence-corrected chi connectivity index (χ0v) is 19.0. The van der Waals surface area contributed by atoms with Crippen molar-refractivity contribution < 1.29 is 13.2 Å². The van der Waals surface area contributed by atoms with Crippen LogP contribution in [0.15, 0.2) is 88.2 Å². The fraction of sp³-hybridized carbons (Fsp3) is 0.174. The van der Waals surface area contributed by atoms with E-state index in [-0.39, 0.29) is 23.9 Å². The maximum absolute atomic E-state index is 13.3. The molecule has 0 aliphatic rings. The fourth-order valence-corrected chi connectivity index (χ4v) is 4.73. The van der Waals surface area contributed by atoms with Gasteiger partial charge in [0.25, 0.3) is 0 Å². The largest absolute Gasteiger partial charge is 0.325 e. The number of benzene rings is 3. The van der Waals surface area contributed by atoms with Gasteiger partial charge in [0.05, 0.1) is 11.4 Å². The molecule has 0 heterocycles. The summed E-state index contributed by atoms with van der Waals surface area (Å²) in [7, 11) is -3.85. The first-order chi connectivity index (χ1) is 14.4. The zero-order valence-electron chi connectivity index (χ0n) is 16.6. The molecule has 30 heavy (non-hydrogen) atoms. The van der Waals surface area contributed by atoms with Crippen molar-refractivity contribution in [2.75, 3.05) is 11.9 Å². The monoisotopic (exact) mass is 486 g/mol. The van der Waals surface area contributed by atoms with Crippen LogP contribution in [0, 0.1) is 0 Å². The van der Waals surface area contributed by atoms with Gasteiger partial charge in [0.15, 0.2) is 0 Å². The van der Waals surface area contributed by atoms with Crippen LogP contribution in [0.2, 0.25) is 0 Å². The van der Waals surface area contributed by atoms with Gasteiger partial charge in [-0.3, -0.25) is 4.79 Å². The van der Waals surface area contributed by atoms with E-state index in [1.165, 1.54) is 16.4 Å². The van der Waals surface area contributed by atoms with E-state index in [0.29, 0.717) is 5.69 Å². The van der Waals surface area contributed by atoms with Crippen molar-refractivity contribution in [2.24, 2.45) is 0 Å². The first kappa shape index (κ1) is 22.2. The van der Waals surface area contributed by atoms with Crippen molar-refractivity contribution in [3.8, 4) is 0 Å². The molecule has 1 amide bonds. The van der Waals surface area contributed by atoms with Crippen LogP contribution in [0.1, 0.15) is 18.1 Å². The van der Waals surface area contributed by atoms with Crippen molar-refractivity contribution in [3.05, 3.63) is 94.5 Å². The van der Waals surface area contributed by atoms with Crippen molar-refractivity contribution >= 4 is 37.5 Å². The summed E-state index contributed by atoms with van der Waals surface area (Å²) >= 11 is 3.38. The topological polar surface area (TPSA) is 66.5 Å². The Hall–Kier alpha value is -2.48. The standard InChI is InChI=1S/C23H23BrN2O3S/c1-2-19-8-6-7-11-22(19)25-23(27)17-26(16-18-12-14-20(24)15-13-18)30(28,29)21-9-4-3-5-10-21/h3-15H,2,16-17H2,1H3,(H,25,27). The number of halogens is 1. The molecule has 0 aromatic heterocycles. The van der Waals surface area contributed by atoms with E-state index in [2.05, 4.69) is 21.2 Å². The van der Waals surface area contributed by atoms with Gasteiger partial charge in [-0.05, 0) is 47.9 Å². The van der Waals surface area contributed by atoms with E-state index in [9.17, 15) is 13.2 Å². The van der Waals surface area contributed by atoms with Crippen LogP contribution in [0.5, 0.6) is 0 Å². The molecule has 0 spiro atoms. The van der Waals surface area contributed by atoms with Crippen LogP contribution < -0.4 is 5.32 Å². The lowest BCUT2D eigenvalue weighted by atomic mass is 10.1. The summed E-state index contributed by atoms with van der Waals surface area (Å²) in [5.41, 5.74) is 2.49. The minimum Gasteiger partial charge on any atom is -0.325 e. The van der Waals surface area contributed by atoms with Crippen molar-refractivity contribution in [1.29, 1.82) is 0 Å². The third-order valence-corrected chi connectivity index (χ3v) is 6.98. The number of rotatable bonds is 8. The number of nitrogens with one attached hydrogen (secondary N) is 1. The molecule has 3 aromatic carbocycles. The highest BCUT2D eigenvalue weighted by Gasteiger charge is 2.27. The average Bonchev–Trinajstić information content (AvgIpc) is 2.75. The zero-order chi connectivity index (χ0) is 21.6. The molecule has 3 rings (SSSR count). The van der Waals surface area contributed by atoms with Gasteiger partial charge in [-0.15, -0.1) is 0 Å². The molecule has 1 N–H and O–H groups in total. The number of carbonyl (C=O) groups excluding carboxylic acids is 1. The van der Waals surface area contributed by atoms with Gasteiger partial charge >= 0.3 is 0 Å². The lowest BCUT2D eigenvalue weighted by molar-refractivity contribution is -0.116. The number of carbonyl (C=O) groups is 1. The molecule has 3 aromatic rings. The predicted molar refractivity (Wildman–Crippen MR) is 123 cm³/mol. The highest BCUT2D eigenvalue weighted by atomic mass is 79.9. The Morgan fingerprint density at radius 3 is 2.23 bits per heavy atom. The van der Waals surface area contributed by atoms with E-state index < -0.39 is 10.0 Å². The van der Waals surface area contributed by atoms with Crippen LogP contribution in [0.25, 0.3) is 0 Å². The average molecular weight is 487 g/mol. The summed E-state index contributed by atoms with van der Waals surface area (Å²) in [5.74, 6) is -0.382. The summed E-state index contributed by atoms with van der Waals surface area (Å²) in [6.07, 6.45) is 0.765. The molecule has 7 heteroatoms. The summed E-state index contributed by atoms with van der Waals surface area (Å²) < 4.78 is 28.6. The SMILES string of the molecule is CCc1ccccc1NC(=O)CN(Cc1ccc(Br)cc1)S(=O)(=O)c1ccccc1. The third kappa shape index (κ3) is 5.56. The normalized spacial score (nSPS) is 11.4. The highest BCUT2D eigenvalue weighted by molar-refractivity contribution is 9.10.